The molecule has 0 spiro atoms. The third kappa shape index (κ3) is 6.10. The van der Waals surface area contributed by atoms with Crippen LogP contribution >= 0.6 is 0 Å². The normalized spacial score (nSPS) is 27.2. The van der Waals surface area contributed by atoms with Gasteiger partial charge in [0.25, 0.3) is 0 Å². The van der Waals surface area contributed by atoms with E-state index in [-0.39, 0.29) is 49.5 Å². The van der Waals surface area contributed by atoms with Crippen LogP contribution in [0.3, 0.4) is 0 Å². The van der Waals surface area contributed by atoms with Gasteiger partial charge in [-0.15, -0.1) is 0 Å². The molecule has 2 N–H and O–H groups in total. The second-order valence-corrected chi connectivity index (χ2v) is 8.15. The number of benzene rings is 1. The monoisotopic (exact) mass is 433 g/mol. The quantitative estimate of drug-likeness (QED) is 0.715. The van der Waals surface area contributed by atoms with E-state index < -0.39 is 6.10 Å². The van der Waals surface area contributed by atoms with Crippen molar-refractivity contribution < 1.29 is 28.2 Å². The summed E-state index contributed by atoms with van der Waals surface area (Å²) in [5, 5.41) is 13.1. The van der Waals surface area contributed by atoms with E-state index in [1.165, 1.54) is 18.5 Å². The number of oxazole rings is 1. The molecule has 4 rings (SSSR count). The highest BCUT2D eigenvalue weighted by molar-refractivity contribution is 5.76. The van der Waals surface area contributed by atoms with Crippen molar-refractivity contribution in [3.05, 3.63) is 54.0 Å². The number of ether oxygens (including phenoxy) is 2. The van der Waals surface area contributed by atoms with Gasteiger partial charge in [0.1, 0.15) is 12.1 Å². The van der Waals surface area contributed by atoms with E-state index in [2.05, 4.69) is 15.2 Å². The SMILES string of the molecule is O=C(C[C@H]1CC[C@H]2[C@@H](COC[C@H](O)CN2Cc2cocn2)O1)NCc1cccc(F)c1. The molecule has 0 radical (unpaired) electrons. The Hall–Kier alpha value is -2.33. The van der Waals surface area contributed by atoms with Gasteiger partial charge in [-0.2, -0.15) is 0 Å². The number of nitrogens with one attached hydrogen (secondary N) is 1. The zero-order valence-electron chi connectivity index (χ0n) is 17.3. The topological polar surface area (TPSA) is 97.1 Å². The number of hydrogen-bond acceptors (Lipinski definition) is 7. The molecule has 0 bridgehead atoms. The van der Waals surface area contributed by atoms with Crippen LogP contribution in [0.2, 0.25) is 0 Å². The van der Waals surface area contributed by atoms with Crippen LogP contribution in [-0.4, -0.2) is 65.0 Å². The summed E-state index contributed by atoms with van der Waals surface area (Å²) in [6.07, 6.45) is 3.78. The van der Waals surface area contributed by atoms with Gasteiger partial charge < -0.3 is 24.3 Å². The number of carbonyl (C=O) groups is 1. The van der Waals surface area contributed by atoms with Crippen LogP contribution in [0.25, 0.3) is 0 Å². The van der Waals surface area contributed by atoms with E-state index in [9.17, 15) is 14.3 Å². The van der Waals surface area contributed by atoms with Crippen molar-refractivity contribution >= 4 is 5.91 Å². The Balaban J connectivity index is 1.32. The molecule has 0 aliphatic carbocycles. The Bertz CT molecular complexity index is 849. The van der Waals surface area contributed by atoms with E-state index >= 15 is 0 Å². The number of aliphatic hydroxyl groups excluding tert-OH is 1. The molecule has 3 heterocycles. The van der Waals surface area contributed by atoms with Gasteiger partial charge in [-0.3, -0.25) is 9.69 Å². The lowest BCUT2D eigenvalue weighted by atomic mass is 9.94. The Morgan fingerprint density at radius 2 is 2.23 bits per heavy atom. The number of β-amino-alcohol motifs (C(OH)–C–C–N with tert-alkyl or cyclic N) is 1. The van der Waals surface area contributed by atoms with Gasteiger partial charge in [0.05, 0.1) is 43.6 Å². The van der Waals surface area contributed by atoms with Gasteiger partial charge in [0.2, 0.25) is 5.91 Å². The third-order valence-corrected chi connectivity index (χ3v) is 5.73. The van der Waals surface area contributed by atoms with E-state index in [1.807, 2.05) is 0 Å². The molecule has 9 heteroatoms. The summed E-state index contributed by atoms with van der Waals surface area (Å²) in [4.78, 5) is 18.7. The minimum absolute atomic E-state index is 0.0539. The van der Waals surface area contributed by atoms with Crippen LogP contribution in [0.5, 0.6) is 0 Å². The number of hydrogen-bond donors (Lipinski definition) is 2. The van der Waals surface area contributed by atoms with Gasteiger partial charge in [-0.25, -0.2) is 9.37 Å². The maximum atomic E-state index is 13.3. The first-order valence-electron chi connectivity index (χ1n) is 10.6. The number of nitrogens with zero attached hydrogens (tertiary/aromatic N) is 2. The van der Waals surface area contributed by atoms with Crippen molar-refractivity contribution in [2.75, 3.05) is 19.8 Å². The zero-order valence-corrected chi connectivity index (χ0v) is 17.3. The fourth-order valence-corrected chi connectivity index (χ4v) is 4.28. The first-order valence-corrected chi connectivity index (χ1v) is 10.6. The molecule has 31 heavy (non-hydrogen) atoms. The highest BCUT2D eigenvalue weighted by atomic mass is 19.1. The first-order chi connectivity index (χ1) is 15.1. The zero-order chi connectivity index (χ0) is 21.6. The standard InChI is InChI=1S/C22H28FN3O5/c23-16-3-1-2-15(6-16)8-24-22(28)7-19-4-5-20-21(31-19)13-29-12-18(27)10-26(20)9-17-11-30-14-25-17/h1-3,6,11,14,18-21,27H,4-5,7-10,12-13H2,(H,24,28)/t18-,19-,20+,21-/m1/s1. The molecule has 2 aliphatic heterocycles. The van der Waals surface area contributed by atoms with Crippen LogP contribution in [0.15, 0.2) is 41.3 Å². The van der Waals surface area contributed by atoms with Gasteiger partial charge in [0.15, 0.2) is 6.39 Å². The first kappa shape index (κ1) is 21.9. The second-order valence-electron chi connectivity index (χ2n) is 8.15. The summed E-state index contributed by atoms with van der Waals surface area (Å²) in [5.41, 5.74) is 1.51. The molecule has 1 amide bonds. The Morgan fingerprint density at radius 3 is 3.03 bits per heavy atom. The predicted octanol–water partition coefficient (Wildman–Crippen LogP) is 1.63. The summed E-state index contributed by atoms with van der Waals surface area (Å²) >= 11 is 0. The molecule has 1 aromatic carbocycles. The smallest absolute Gasteiger partial charge is 0.222 e. The largest absolute Gasteiger partial charge is 0.451 e. The molecule has 168 valence electrons. The Labute approximate surface area is 180 Å². The van der Waals surface area contributed by atoms with Crippen LogP contribution in [0.4, 0.5) is 4.39 Å². The van der Waals surface area contributed by atoms with Crippen molar-refractivity contribution in [1.82, 2.24) is 15.2 Å². The number of rotatable bonds is 6. The predicted molar refractivity (Wildman–Crippen MR) is 108 cm³/mol. The summed E-state index contributed by atoms with van der Waals surface area (Å²) in [7, 11) is 0. The van der Waals surface area contributed by atoms with Crippen LogP contribution in [-0.2, 0) is 27.4 Å². The molecule has 2 fully saturated rings. The molecule has 4 atom stereocenters. The van der Waals surface area contributed by atoms with Crippen molar-refractivity contribution in [2.45, 2.75) is 56.7 Å². The lowest BCUT2D eigenvalue weighted by molar-refractivity contribution is -0.158. The minimum atomic E-state index is -0.584. The van der Waals surface area contributed by atoms with Gasteiger partial charge in [-0.05, 0) is 30.5 Å². The van der Waals surface area contributed by atoms with Crippen LogP contribution in [0, 0.1) is 5.82 Å². The third-order valence-electron chi connectivity index (χ3n) is 5.73. The molecule has 0 saturated carbocycles. The molecular formula is C22H28FN3O5. The lowest BCUT2D eigenvalue weighted by Crippen LogP contribution is -2.55. The lowest BCUT2D eigenvalue weighted by Gasteiger charge is -2.44. The summed E-state index contributed by atoms with van der Waals surface area (Å²) < 4.78 is 30.2. The molecule has 8 nitrogen and oxygen atoms in total. The van der Waals surface area contributed by atoms with Crippen molar-refractivity contribution in [1.29, 1.82) is 0 Å². The number of aliphatic hydroxyl groups is 1. The molecule has 2 aliphatic rings. The average Bonchev–Trinajstić information content (AvgIpc) is 3.24. The summed E-state index contributed by atoms with van der Waals surface area (Å²) in [6, 6.07) is 6.23. The van der Waals surface area contributed by atoms with E-state index in [4.69, 9.17) is 13.9 Å². The van der Waals surface area contributed by atoms with Gasteiger partial charge in [0, 0.05) is 25.7 Å². The van der Waals surface area contributed by atoms with E-state index in [1.54, 1.807) is 18.4 Å². The second kappa shape index (κ2) is 10.3. The van der Waals surface area contributed by atoms with Crippen molar-refractivity contribution in [2.24, 2.45) is 0 Å². The Kier molecular flexibility index (Phi) is 7.29. The van der Waals surface area contributed by atoms with E-state index in [0.29, 0.717) is 25.3 Å². The molecule has 2 saturated heterocycles. The molecule has 2 aromatic rings. The fourth-order valence-electron chi connectivity index (χ4n) is 4.28. The fraction of sp³-hybridized carbons (Fsp3) is 0.545. The minimum Gasteiger partial charge on any atom is -0.451 e. The van der Waals surface area contributed by atoms with Crippen molar-refractivity contribution in [3.63, 3.8) is 0 Å². The molecule has 0 unspecified atom stereocenters. The maximum absolute atomic E-state index is 13.3. The van der Waals surface area contributed by atoms with E-state index in [0.717, 1.165) is 18.5 Å². The number of amides is 1. The van der Waals surface area contributed by atoms with Crippen molar-refractivity contribution in [3.8, 4) is 0 Å². The van der Waals surface area contributed by atoms with Crippen LogP contribution < -0.4 is 5.32 Å². The number of aromatic nitrogens is 1. The molecular weight excluding hydrogens is 405 g/mol. The number of fused-ring (bicyclic) bond motifs is 1. The van der Waals surface area contributed by atoms with Gasteiger partial charge >= 0.3 is 0 Å². The molecule has 1 aromatic heterocycles. The highest BCUT2D eigenvalue weighted by Crippen LogP contribution is 2.28. The average molecular weight is 433 g/mol. The van der Waals surface area contributed by atoms with Gasteiger partial charge in [-0.1, -0.05) is 12.1 Å². The maximum Gasteiger partial charge on any atom is 0.222 e. The van der Waals surface area contributed by atoms with Crippen LogP contribution in [0.1, 0.15) is 30.5 Å². The summed E-state index contributed by atoms with van der Waals surface area (Å²) in [6.45, 7) is 1.88. The summed E-state index contributed by atoms with van der Waals surface area (Å²) in [5.74, 6) is -0.452. The number of carbonyl (C=O) groups excluding carboxylic acids is 1. The Morgan fingerprint density at radius 1 is 1.32 bits per heavy atom. The number of halogens is 1. The highest BCUT2D eigenvalue weighted by Gasteiger charge is 2.38.